The second-order valence-electron chi connectivity index (χ2n) is 4.65. The number of halogens is 1. The summed E-state index contributed by atoms with van der Waals surface area (Å²) < 4.78 is 4.93. The molecule has 7 heteroatoms. The number of nitrogens with one attached hydrogen (secondary N) is 1. The van der Waals surface area contributed by atoms with E-state index in [2.05, 4.69) is 5.32 Å². The Labute approximate surface area is 122 Å². The fourth-order valence-corrected chi connectivity index (χ4v) is 1.79. The molecule has 0 bridgehead atoms. The smallest absolute Gasteiger partial charge is 0.310 e. The van der Waals surface area contributed by atoms with E-state index in [1.54, 1.807) is 0 Å². The van der Waals surface area contributed by atoms with Gasteiger partial charge in [-0.15, -0.1) is 11.6 Å². The number of carbonyl (C=O) groups is 1. The van der Waals surface area contributed by atoms with Gasteiger partial charge in [-0.3, -0.25) is 14.9 Å². The Morgan fingerprint density at radius 3 is 2.65 bits per heavy atom. The van der Waals surface area contributed by atoms with E-state index in [0.717, 1.165) is 0 Å². The predicted octanol–water partition coefficient (Wildman–Crippen LogP) is 2.74. The van der Waals surface area contributed by atoms with Gasteiger partial charge in [-0.2, -0.15) is 0 Å². The van der Waals surface area contributed by atoms with Crippen LogP contribution in [0.1, 0.15) is 30.6 Å². The summed E-state index contributed by atoms with van der Waals surface area (Å²) >= 11 is 5.84. The highest BCUT2D eigenvalue weighted by Gasteiger charge is 2.25. The van der Waals surface area contributed by atoms with Crippen molar-refractivity contribution in [2.24, 2.45) is 0 Å². The van der Waals surface area contributed by atoms with Crippen LogP contribution in [-0.2, 0) is 0 Å². The highest BCUT2D eigenvalue weighted by atomic mass is 35.5. The van der Waals surface area contributed by atoms with E-state index in [0.29, 0.717) is 6.42 Å². The van der Waals surface area contributed by atoms with Gasteiger partial charge in [-0.1, -0.05) is 6.92 Å². The first-order valence-electron chi connectivity index (χ1n) is 6.07. The average Bonchev–Trinajstić information content (AvgIpc) is 2.46. The van der Waals surface area contributed by atoms with E-state index >= 15 is 0 Å². The Bertz CT molecular complexity index is 515. The molecule has 0 fully saturated rings. The molecule has 1 unspecified atom stereocenters. The number of amides is 1. The molecule has 1 amide bonds. The zero-order valence-corrected chi connectivity index (χ0v) is 12.4. The molecule has 1 aromatic rings. The van der Waals surface area contributed by atoms with Crippen LogP contribution >= 0.6 is 11.6 Å². The van der Waals surface area contributed by atoms with Gasteiger partial charge in [-0.05, 0) is 19.4 Å². The van der Waals surface area contributed by atoms with E-state index in [4.69, 9.17) is 16.3 Å². The molecule has 20 heavy (non-hydrogen) atoms. The molecule has 0 saturated heterocycles. The lowest BCUT2D eigenvalue weighted by molar-refractivity contribution is -0.385. The molecule has 0 spiro atoms. The summed E-state index contributed by atoms with van der Waals surface area (Å²) in [7, 11) is 1.32. The molecule has 1 atom stereocenters. The van der Waals surface area contributed by atoms with Crippen molar-refractivity contribution in [3.63, 3.8) is 0 Å². The molecule has 6 nitrogen and oxygen atoms in total. The van der Waals surface area contributed by atoms with Gasteiger partial charge >= 0.3 is 5.69 Å². The van der Waals surface area contributed by atoms with Crippen LogP contribution in [0.3, 0.4) is 0 Å². The van der Waals surface area contributed by atoms with Gasteiger partial charge in [0, 0.05) is 23.6 Å². The van der Waals surface area contributed by atoms with Crippen molar-refractivity contribution < 1.29 is 14.5 Å². The molecule has 0 radical (unpaired) electrons. The Morgan fingerprint density at radius 1 is 1.55 bits per heavy atom. The molecular weight excluding hydrogens is 284 g/mol. The number of carbonyl (C=O) groups excluding carboxylic acids is 1. The first-order valence-corrected chi connectivity index (χ1v) is 6.61. The summed E-state index contributed by atoms with van der Waals surface area (Å²) in [6, 6.07) is 3.98. The Kier molecular flexibility index (Phi) is 5.33. The summed E-state index contributed by atoms with van der Waals surface area (Å²) in [5.41, 5.74) is -0.412. The van der Waals surface area contributed by atoms with Gasteiger partial charge in [0.15, 0.2) is 5.75 Å². The van der Waals surface area contributed by atoms with Gasteiger partial charge in [0.05, 0.1) is 17.6 Å². The van der Waals surface area contributed by atoms with Gasteiger partial charge in [0.1, 0.15) is 0 Å². The molecule has 0 aliphatic carbocycles. The van der Waals surface area contributed by atoms with Crippen molar-refractivity contribution >= 4 is 23.2 Å². The minimum Gasteiger partial charge on any atom is -0.490 e. The number of alkyl halides is 1. The number of nitro groups is 1. The summed E-state index contributed by atoms with van der Waals surface area (Å²) in [5.74, 6) is -0.0192. The third-order valence-electron chi connectivity index (χ3n) is 3.13. The third-order valence-corrected chi connectivity index (χ3v) is 3.72. The number of methoxy groups -OCH3 is 1. The maximum atomic E-state index is 12.1. The first-order chi connectivity index (χ1) is 9.36. The summed E-state index contributed by atoms with van der Waals surface area (Å²) in [5, 5.41) is 13.6. The van der Waals surface area contributed by atoms with E-state index in [-0.39, 0.29) is 28.8 Å². The van der Waals surface area contributed by atoms with Crippen LogP contribution in [0.2, 0.25) is 0 Å². The average molecular weight is 301 g/mol. The number of benzene rings is 1. The highest BCUT2D eigenvalue weighted by molar-refractivity contribution is 6.18. The fourth-order valence-electron chi connectivity index (χ4n) is 1.53. The number of nitro benzene ring substituents is 1. The van der Waals surface area contributed by atoms with Crippen LogP contribution < -0.4 is 10.1 Å². The maximum absolute atomic E-state index is 12.1. The summed E-state index contributed by atoms with van der Waals surface area (Å²) in [6.07, 6.45) is 0.673. The van der Waals surface area contributed by atoms with Crippen LogP contribution in [-0.4, -0.2) is 29.4 Å². The highest BCUT2D eigenvalue weighted by Crippen LogP contribution is 2.27. The van der Waals surface area contributed by atoms with Crippen molar-refractivity contribution in [1.82, 2.24) is 5.32 Å². The number of hydrogen-bond acceptors (Lipinski definition) is 4. The first kappa shape index (κ1) is 16.2. The van der Waals surface area contributed by atoms with Gasteiger partial charge < -0.3 is 10.1 Å². The molecule has 1 N–H and O–H groups in total. The monoisotopic (exact) mass is 300 g/mol. The SMILES string of the molecule is CCC(C)(CCl)NC(=O)c1ccc([N+](=O)[O-])c(OC)c1. The predicted molar refractivity (Wildman–Crippen MR) is 76.5 cm³/mol. The molecule has 110 valence electrons. The standard InChI is InChI=1S/C13H17ClN2O4/c1-4-13(2,8-14)15-12(17)9-5-6-10(16(18)19)11(7-9)20-3/h5-7H,4,8H2,1-3H3,(H,15,17). The second-order valence-corrected chi connectivity index (χ2v) is 4.91. The van der Waals surface area contributed by atoms with Crippen molar-refractivity contribution in [2.75, 3.05) is 13.0 Å². The number of ether oxygens (including phenoxy) is 1. The topological polar surface area (TPSA) is 81.5 Å². The lowest BCUT2D eigenvalue weighted by Crippen LogP contribution is -2.47. The molecule has 0 aliphatic heterocycles. The lowest BCUT2D eigenvalue weighted by atomic mass is 10.0. The zero-order chi connectivity index (χ0) is 15.3. The number of rotatable bonds is 6. The van der Waals surface area contributed by atoms with E-state index in [1.807, 2.05) is 13.8 Å². The normalized spacial score (nSPS) is 13.4. The Morgan fingerprint density at radius 2 is 2.20 bits per heavy atom. The Balaban J connectivity index is 3.03. The largest absolute Gasteiger partial charge is 0.490 e. The van der Waals surface area contributed by atoms with E-state index in [1.165, 1.54) is 25.3 Å². The fraction of sp³-hybridized carbons (Fsp3) is 0.462. The summed E-state index contributed by atoms with van der Waals surface area (Å²) in [6.45, 7) is 3.75. The van der Waals surface area contributed by atoms with Crippen LogP contribution in [0.25, 0.3) is 0 Å². The van der Waals surface area contributed by atoms with Crippen LogP contribution in [0.4, 0.5) is 5.69 Å². The van der Waals surface area contributed by atoms with E-state index < -0.39 is 10.5 Å². The van der Waals surface area contributed by atoms with Crippen LogP contribution in [0.5, 0.6) is 5.75 Å². The molecule has 0 heterocycles. The van der Waals surface area contributed by atoms with Crippen LogP contribution in [0.15, 0.2) is 18.2 Å². The van der Waals surface area contributed by atoms with Crippen molar-refractivity contribution in [1.29, 1.82) is 0 Å². The minimum atomic E-state index is -0.560. The molecule has 0 aromatic heterocycles. The zero-order valence-electron chi connectivity index (χ0n) is 11.6. The van der Waals surface area contributed by atoms with Crippen molar-refractivity contribution in [3.05, 3.63) is 33.9 Å². The quantitative estimate of drug-likeness (QED) is 0.497. The van der Waals surface area contributed by atoms with E-state index in [9.17, 15) is 14.9 Å². The molecule has 1 aromatic carbocycles. The van der Waals surface area contributed by atoms with Gasteiger partial charge in [0.25, 0.3) is 5.91 Å². The van der Waals surface area contributed by atoms with Crippen molar-refractivity contribution in [3.8, 4) is 5.75 Å². The molecule has 0 saturated carbocycles. The Hall–Kier alpha value is -1.82. The number of hydrogen-bond donors (Lipinski definition) is 1. The molecule has 1 rings (SSSR count). The van der Waals surface area contributed by atoms with Crippen molar-refractivity contribution in [2.45, 2.75) is 25.8 Å². The molecular formula is C13H17ClN2O4. The maximum Gasteiger partial charge on any atom is 0.310 e. The van der Waals surface area contributed by atoms with Gasteiger partial charge in [0.2, 0.25) is 0 Å². The third kappa shape index (κ3) is 3.60. The van der Waals surface area contributed by atoms with Gasteiger partial charge in [-0.25, -0.2) is 0 Å². The minimum absolute atomic E-state index is 0.0479. The van der Waals surface area contributed by atoms with Crippen LogP contribution in [0, 0.1) is 10.1 Å². The summed E-state index contributed by atoms with van der Waals surface area (Å²) in [4.78, 5) is 22.4. The lowest BCUT2D eigenvalue weighted by Gasteiger charge is -2.27. The molecule has 0 aliphatic rings. The second kappa shape index (κ2) is 6.56. The number of nitrogens with zero attached hydrogens (tertiary/aromatic N) is 1.